The summed E-state index contributed by atoms with van der Waals surface area (Å²) in [6, 6.07) is 25.9. The van der Waals surface area contributed by atoms with Gasteiger partial charge in [0.1, 0.15) is 12.4 Å². The maximum absolute atomic E-state index is 12.5. The molecule has 0 saturated carbocycles. The molecule has 7 heteroatoms. The lowest BCUT2D eigenvalue weighted by molar-refractivity contribution is -0.129. The van der Waals surface area contributed by atoms with Crippen LogP contribution in [0.3, 0.4) is 0 Å². The molecular weight excluding hydrogens is 720 g/mol. The van der Waals surface area contributed by atoms with E-state index in [2.05, 4.69) is 66.1 Å². The minimum atomic E-state index is -0.455. The molecule has 0 saturated heterocycles. The van der Waals surface area contributed by atoms with Crippen LogP contribution < -0.4 is 4.74 Å². The van der Waals surface area contributed by atoms with Crippen LogP contribution in [-0.2, 0) is 16.1 Å². The van der Waals surface area contributed by atoms with Gasteiger partial charge in [0.2, 0.25) is 5.90 Å². The average molecular weight is 736 g/mol. The number of hydrogen-bond acceptors (Lipinski definition) is 4. The zero-order chi connectivity index (χ0) is 23.7. The molecule has 5 rings (SSSR count). The lowest BCUT2D eigenvalue weighted by atomic mass is 10.1. The van der Waals surface area contributed by atoms with Gasteiger partial charge in [-0.3, -0.25) is 0 Å². The van der Waals surface area contributed by atoms with E-state index in [0.29, 0.717) is 12.5 Å². The van der Waals surface area contributed by atoms with Gasteiger partial charge in [-0.15, -0.1) is 0 Å². The topological polar surface area (TPSA) is 47.9 Å². The highest BCUT2D eigenvalue weighted by atomic mass is 127. The third kappa shape index (κ3) is 5.21. The maximum Gasteiger partial charge on any atom is 0.363 e. The zero-order valence-corrected chi connectivity index (χ0v) is 23.5. The number of carbonyl (C=O) groups excluding carboxylic acids is 1. The molecule has 1 aliphatic rings. The van der Waals surface area contributed by atoms with Gasteiger partial charge in [-0.2, -0.15) is 0 Å². The van der Waals surface area contributed by atoms with Gasteiger partial charge in [-0.05, 0) is 110 Å². The number of carbonyl (C=O) groups is 1. The minimum absolute atomic E-state index is 0.276. The van der Waals surface area contributed by atoms with Gasteiger partial charge in [-0.25, -0.2) is 9.79 Å². The molecule has 0 bridgehead atoms. The second-order valence-electron chi connectivity index (χ2n) is 7.63. The number of aliphatic imine (C=N–C) groups is 1. The number of ether oxygens (including phenoxy) is 2. The van der Waals surface area contributed by atoms with Crippen LogP contribution >= 0.6 is 61.1 Å². The van der Waals surface area contributed by atoms with Gasteiger partial charge in [0.15, 0.2) is 5.70 Å². The van der Waals surface area contributed by atoms with Gasteiger partial charge in [0.05, 0.1) is 7.14 Å². The smallest absolute Gasteiger partial charge is 0.363 e. The highest BCUT2D eigenvalue weighted by Gasteiger charge is 2.24. The Kier molecular flexibility index (Phi) is 7.03. The van der Waals surface area contributed by atoms with Crippen molar-refractivity contribution < 1.29 is 14.3 Å². The van der Waals surface area contributed by atoms with Crippen molar-refractivity contribution in [2.45, 2.75) is 6.61 Å². The van der Waals surface area contributed by atoms with Crippen molar-refractivity contribution in [3.8, 4) is 5.75 Å². The van der Waals surface area contributed by atoms with E-state index >= 15 is 0 Å². The Hall–Kier alpha value is -2.24. The summed E-state index contributed by atoms with van der Waals surface area (Å²) in [5, 5.41) is 2.19. The van der Waals surface area contributed by atoms with Crippen LogP contribution in [-0.4, -0.2) is 11.9 Å². The molecule has 4 aromatic rings. The number of benzene rings is 4. The van der Waals surface area contributed by atoms with Crippen LogP contribution in [0.1, 0.15) is 16.7 Å². The third-order valence-electron chi connectivity index (χ3n) is 5.21. The molecule has 0 aromatic heterocycles. The normalized spacial score (nSPS) is 14.4. The Morgan fingerprint density at radius 2 is 1.68 bits per heavy atom. The van der Waals surface area contributed by atoms with Gasteiger partial charge < -0.3 is 9.47 Å². The molecule has 0 fully saturated rings. The first-order chi connectivity index (χ1) is 16.5. The first kappa shape index (κ1) is 23.5. The number of halogens is 3. The van der Waals surface area contributed by atoms with Crippen LogP contribution in [0.2, 0.25) is 0 Å². The minimum Gasteiger partial charge on any atom is -0.487 e. The van der Waals surface area contributed by atoms with E-state index in [0.717, 1.165) is 44.8 Å². The van der Waals surface area contributed by atoms with E-state index in [1.54, 1.807) is 6.08 Å². The number of fused-ring (bicyclic) bond motifs is 1. The molecular formula is C27H16BrI2NO3. The summed E-state index contributed by atoms with van der Waals surface area (Å²) in [7, 11) is 0. The number of esters is 1. The van der Waals surface area contributed by atoms with E-state index in [1.165, 1.54) is 0 Å². The lowest BCUT2D eigenvalue weighted by Crippen LogP contribution is -2.05. The van der Waals surface area contributed by atoms with Gasteiger partial charge in [0, 0.05) is 10.0 Å². The van der Waals surface area contributed by atoms with Gasteiger partial charge in [-0.1, -0.05) is 58.4 Å². The third-order valence-corrected chi connectivity index (χ3v) is 7.31. The van der Waals surface area contributed by atoms with E-state index in [4.69, 9.17) is 9.47 Å². The fraction of sp³-hybridized carbons (Fsp3) is 0.0370. The van der Waals surface area contributed by atoms with E-state index in [1.807, 2.05) is 78.9 Å². The maximum atomic E-state index is 12.5. The number of cyclic esters (lactones) is 1. The van der Waals surface area contributed by atoms with Crippen molar-refractivity contribution >= 4 is 89.8 Å². The van der Waals surface area contributed by atoms with Crippen LogP contribution in [0.5, 0.6) is 5.75 Å². The summed E-state index contributed by atoms with van der Waals surface area (Å²) in [6.07, 6.45) is 1.75. The van der Waals surface area contributed by atoms with Crippen molar-refractivity contribution in [2.24, 2.45) is 4.99 Å². The zero-order valence-electron chi connectivity index (χ0n) is 17.6. The molecule has 0 atom stereocenters. The fourth-order valence-electron chi connectivity index (χ4n) is 3.60. The molecule has 0 aliphatic carbocycles. The molecule has 1 heterocycles. The highest BCUT2D eigenvalue weighted by molar-refractivity contribution is 14.1. The summed E-state index contributed by atoms with van der Waals surface area (Å²) in [6.45, 7) is 0.470. The average Bonchev–Trinajstić information content (AvgIpc) is 3.18. The summed E-state index contributed by atoms with van der Waals surface area (Å²) in [5.74, 6) is 0.682. The quantitative estimate of drug-likeness (QED) is 0.120. The Morgan fingerprint density at radius 1 is 0.912 bits per heavy atom. The molecule has 0 amide bonds. The first-order valence-electron chi connectivity index (χ1n) is 10.3. The Balaban J connectivity index is 1.39. The Morgan fingerprint density at radius 3 is 2.44 bits per heavy atom. The predicted octanol–water partition coefficient (Wildman–Crippen LogP) is 7.74. The largest absolute Gasteiger partial charge is 0.487 e. The van der Waals surface area contributed by atoms with Crippen LogP contribution in [0.15, 0.2) is 94.0 Å². The van der Waals surface area contributed by atoms with E-state index < -0.39 is 5.97 Å². The lowest BCUT2D eigenvalue weighted by Gasteiger charge is -2.12. The second-order valence-corrected chi connectivity index (χ2v) is 10.9. The predicted molar refractivity (Wildman–Crippen MR) is 155 cm³/mol. The van der Waals surface area contributed by atoms with E-state index in [9.17, 15) is 4.79 Å². The highest BCUT2D eigenvalue weighted by Crippen LogP contribution is 2.31. The van der Waals surface area contributed by atoms with Crippen LogP contribution in [0.25, 0.3) is 16.8 Å². The number of hydrogen-bond donors (Lipinski definition) is 0. The first-order valence-corrected chi connectivity index (χ1v) is 13.3. The van der Waals surface area contributed by atoms with Crippen molar-refractivity contribution in [2.75, 3.05) is 0 Å². The summed E-state index contributed by atoms with van der Waals surface area (Å²) >= 11 is 8.00. The monoisotopic (exact) mass is 735 g/mol. The summed E-state index contributed by atoms with van der Waals surface area (Å²) in [4.78, 5) is 17.0. The van der Waals surface area contributed by atoms with Crippen molar-refractivity contribution in [3.63, 3.8) is 0 Å². The second kappa shape index (κ2) is 10.2. The molecule has 0 spiro atoms. The molecule has 1 aliphatic heterocycles. The molecule has 4 aromatic carbocycles. The Labute approximate surface area is 232 Å². The fourth-order valence-corrected chi connectivity index (χ4v) is 6.17. The molecule has 0 unspecified atom stereocenters. The van der Waals surface area contributed by atoms with Crippen molar-refractivity contribution in [3.05, 3.63) is 113 Å². The molecule has 0 N–H and O–H groups in total. The summed E-state index contributed by atoms with van der Waals surface area (Å²) < 4.78 is 14.5. The number of rotatable bonds is 5. The SMILES string of the molecule is O=C1OC(c2ccc3ccccc3c2)=N/C1=C\c1cc(I)c(OCc2cccc(Br)c2)c(I)c1. The number of nitrogens with zero attached hydrogens (tertiary/aromatic N) is 1. The molecule has 168 valence electrons. The van der Waals surface area contributed by atoms with Gasteiger partial charge in [0.25, 0.3) is 0 Å². The summed E-state index contributed by atoms with van der Waals surface area (Å²) in [5.41, 5.74) is 2.99. The van der Waals surface area contributed by atoms with Gasteiger partial charge >= 0.3 is 5.97 Å². The van der Waals surface area contributed by atoms with Crippen molar-refractivity contribution in [1.29, 1.82) is 0 Å². The van der Waals surface area contributed by atoms with Crippen LogP contribution in [0.4, 0.5) is 0 Å². The Bertz CT molecular complexity index is 1470. The molecule has 0 radical (unpaired) electrons. The molecule has 4 nitrogen and oxygen atoms in total. The standard InChI is InChI=1S/C27H16BrI2NO3/c28-21-7-3-4-16(10-21)15-33-25-22(29)11-17(12-23(25)30)13-24-27(32)34-26(31-24)20-9-8-18-5-1-2-6-19(18)14-20/h1-14H,15H2/b24-13-. The van der Waals surface area contributed by atoms with Crippen LogP contribution in [0, 0.1) is 7.14 Å². The van der Waals surface area contributed by atoms with Crippen molar-refractivity contribution in [1.82, 2.24) is 0 Å². The van der Waals surface area contributed by atoms with E-state index in [-0.39, 0.29) is 5.70 Å². The molecule has 34 heavy (non-hydrogen) atoms.